The first kappa shape index (κ1) is 14.5. The van der Waals surface area contributed by atoms with Crippen molar-refractivity contribution in [2.75, 3.05) is 0 Å². The number of aliphatic carboxylic acids is 1. The summed E-state index contributed by atoms with van der Waals surface area (Å²) in [5, 5.41) is 18.8. The van der Waals surface area contributed by atoms with Gasteiger partial charge in [-0.15, -0.1) is 0 Å². The van der Waals surface area contributed by atoms with E-state index in [9.17, 15) is 9.90 Å². The number of nitrogens with zero attached hydrogens (tertiary/aromatic N) is 1. The lowest BCUT2D eigenvalue weighted by atomic mass is 9.92. The van der Waals surface area contributed by atoms with Crippen LogP contribution in [0.1, 0.15) is 18.1 Å². The third-order valence-corrected chi connectivity index (χ3v) is 3.42. The minimum absolute atomic E-state index is 0.191. The van der Waals surface area contributed by atoms with E-state index in [2.05, 4.69) is 4.85 Å². The summed E-state index contributed by atoms with van der Waals surface area (Å²) >= 11 is 6.02. The van der Waals surface area contributed by atoms with Gasteiger partial charge in [-0.1, -0.05) is 23.7 Å². The summed E-state index contributed by atoms with van der Waals surface area (Å²) in [6.07, 6.45) is -0.752. The highest BCUT2D eigenvalue weighted by molar-refractivity contribution is 6.34. The average molecular weight is 268 g/mol. The molecule has 0 spiro atoms. The number of benzene rings is 1. The summed E-state index contributed by atoms with van der Waals surface area (Å²) in [6.45, 7) is 10.1. The number of carbonyl (C=O) groups is 1. The maximum absolute atomic E-state index is 11.0. The first-order valence-electron chi connectivity index (χ1n) is 5.44. The summed E-state index contributed by atoms with van der Waals surface area (Å²) in [5.41, 5.74) is 1.78. The largest absolute Gasteiger partial charge is 0.481 e. The van der Waals surface area contributed by atoms with Crippen LogP contribution in [-0.4, -0.2) is 22.3 Å². The van der Waals surface area contributed by atoms with Gasteiger partial charge in [0.1, 0.15) is 0 Å². The second kappa shape index (κ2) is 5.85. The number of halogens is 1. The molecule has 4 nitrogen and oxygen atoms in total. The number of carboxylic acids is 1. The van der Waals surface area contributed by atoms with Gasteiger partial charge in [0.05, 0.1) is 23.6 Å². The van der Waals surface area contributed by atoms with Crippen LogP contribution < -0.4 is 0 Å². The molecule has 0 bridgehead atoms. The highest BCUT2D eigenvalue weighted by Crippen LogP contribution is 2.31. The van der Waals surface area contributed by atoms with Gasteiger partial charge in [-0.25, -0.2) is 4.85 Å². The van der Waals surface area contributed by atoms with Gasteiger partial charge in [0.2, 0.25) is 5.69 Å². The van der Waals surface area contributed by atoms with Crippen LogP contribution in [0.15, 0.2) is 12.1 Å². The first-order chi connectivity index (χ1) is 8.38. The standard InChI is InChI=1S/C13H14ClNO3/c1-7-9(4-5-11(15-3)12(7)14)6-10(8(2)16)13(17)18/h4-5,8,10,16H,6H2,1-2H3,(H,17,18)/t8-,10-/m1/s1. The fourth-order valence-electron chi connectivity index (χ4n) is 1.72. The van der Waals surface area contributed by atoms with Crippen molar-refractivity contribution in [2.24, 2.45) is 5.92 Å². The van der Waals surface area contributed by atoms with Crippen LogP contribution in [0, 0.1) is 19.4 Å². The Bertz CT molecular complexity index is 506. The molecule has 1 aromatic rings. The van der Waals surface area contributed by atoms with E-state index in [0.29, 0.717) is 16.3 Å². The molecule has 5 heteroatoms. The van der Waals surface area contributed by atoms with Crippen LogP contribution in [0.3, 0.4) is 0 Å². The van der Waals surface area contributed by atoms with Gasteiger partial charge in [-0.3, -0.25) is 4.79 Å². The van der Waals surface area contributed by atoms with Crippen LogP contribution in [0.25, 0.3) is 4.85 Å². The van der Waals surface area contributed by atoms with Crippen molar-refractivity contribution in [3.63, 3.8) is 0 Å². The van der Waals surface area contributed by atoms with Crippen LogP contribution >= 0.6 is 11.6 Å². The average Bonchev–Trinajstić information content (AvgIpc) is 2.30. The molecule has 0 fully saturated rings. The third kappa shape index (κ3) is 3.00. The maximum Gasteiger partial charge on any atom is 0.309 e. The van der Waals surface area contributed by atoms with Gasteiger partial charge in [0.15, 0.2) is 0 Å². The highest BCUT2D eigenvalue weighted by atomic mass is 35.5. The van der Waals surface area contributed by atoms with E-state index in [1.54, 1.807) is 19.1 Å². The Morgan fingerprint density at radius 1 is 1.56 bits per heavy atom. The smallest absolute Gasteiger partial charge is 0.309 e. The molecular formula is C13H14ClNO3. The molecule has 0 radical (unpaired) electrons. The normalized spacial score (nSPS) is 13.7. The predicted molar refractivity (Wildman–Crippen MR) is 69.0 cm³/mol. The van der Waals surface area contributed by atoms with Crippen molar-refractivity contribution >= 4 is 23.3 Å². The predicted octanol–water partition coefficient (Wildman–Crippen LogP) is 2.82. The number of hydrogen-bond acceptors (Lipinski definition) is 2. The molecule has 0 aromatic heterocycles. The van der Waals surface area contributed by atoms with Crippen LogP contribution in [0.5, 0.6) is 0 Å². The highest BCUT2D eigenvalue weighted by Gasteiger charge is 2.24. The first-order valence-corrected chi connectivity index (χ1v) is 5.82. The van der Waals surface area contributed by atoms with Crippen molar-refractivity contribution in [3.05, 3.63) is 39.7 Å². The molecule has 0 saturated carbocycles. The molecule has 0 unspecified atom stereocenters. The van der Waals surface area contributed by atoms with Gasteiger partial charge < -0.3 is 10.2 Å². The Labute approximate surface area is 111 Å². The number of carboxylic acid groups (broad SMARTS) is 1. The summed E-state index contributed by atoms with van der Waals surface area (Å²) in [4.78, 5) is 14.3. The lowest BCUT2D eigenvalue weighted by Gasteiger charge is -2.17. The van der Waals surface area contributed by atoms with Crippen LogP contribution in [0.4, 0.5) is 5.69 Å². The summed E-state index contributed by atoms with van der Waals surface area (Å²) in [5.74, 6) is -1.92. The molecule has 0 aliphatic heterocycles. The summed E-state index contributed by atoms with van der Waals surface area (Å²) < 4.78 is 0. The third-order valence-electron chi connectivity index (χ3n) is 2.94. The van der Waals surface area contributed by atoms with E-state index in [-0.39, 0.29) is 6.42 Å². The van der Waals surface area contributed by atoms with Gasteiger partial charge >= 0.3 is 5.97 Å². The van der Waals surface area contributed by atoms with E-state index in [1.807, 2.05) is 0 Å². The topological polar surface area (TPSA) is 61.9 Å². The van der Waals surface area contributed by atoms with Crippen molar-refractivity contribution in [3.8, 4) is 0 Å². The molecule has 0 aliphatic rings. The SMILES string of the molecule is [C-]#[N+]c1ccc(C[C@@H](C(=O)O)[C@@H](C)O)c(C)c1Cl. The molecule has 1 rings (SSSR count). The Kier molecular flexibility index (Phi) is 4.71. The number of rotatable bonds is 4. The minimum Gasteiger partial charge on any atom is -0.481 e. The molecular weight excluding hydrogens is 254 g/mol. The van der Waals surface area contributed by atoms with Crippen molar-refractivity contribution in [1.82, 2.24) is 0 Å². The molecule has 1 aromatic carbocycles. The Morgan fingerprint density at radius 2 is 2.17 bits per heavy atom. The zero-order valence-corrected chi connectivity index (χ0v) is 10.9. The zero-order valence-electron chi connectivity index (χ0n) is 10.1. The van der Waals surface area contributed by atoms with Crippen LogP contribution in [-0.2, 0) is 11.2 Å². The molecule has 0 saturated heterocycles. The van der Waals surface area contributed by atoms with Crippen molar-refractivity contribution in [1.29, 1.82) is 0 Å². The monoisotopic (exact) mass is 267 g/mol. The second-order valence-electron chi connectivity index (χ2n) is 4.18. The van der Waals surface area contributed by atoms with E-state index in [4.69, 9.17) is 23.3 Å². The molecule has 96 valence electrons. The molecule has 18 heavy (non-hydrogen) atoms. The Hall–Kier alpha value is -1.57. The molecule has 0 aliphatic carbocycles. The van der Waals surface area contributed by atoms with Gasteiger partial charge in [-0.05, 0) is 31.4 Å². The van der Waals surface area contributed by atoms with E-state index in [0.717, 1.165) is 5.56 Å². The second-order valence-corrected chi connectivity index (χ2v) is 4.56. The fourth-order valence-corrected chi connectivity index (χ4v) is 1.95. The molecule has 0 heterocycles. The lowest BCUT2D eigenvalue weighted by Crippen LogP contribution is -2.27. The van der Waals surface area contributed by atoms with E-state index in [1.165, 1.54) is 6.92 Å². The number of aliphatic hydroxyl groups excluding tert-OH is 1. The number of hydrogen-bond donors (Lipinski definition) is 2. The van der Waals surface area contributed by atoms with Crippen molar-refractivity contribution in [2.45, 2.75) is 26.4 Å². The Balaban J connectivity index is 3.09. The van der Waals surface area contributed by atoms with E-state index < -0.39 is 18.0 Å². The quantitative estimate of drug-likeness (QED) is 0.825. The molecule has 2 N–H and O–H groups in total. The molecule has 2 atom stereocenters. The maximum atomic E-state index is 11.0. The molecule has 0 amide bonds. The lowest BCUT2D eigenvalue weighted by molar-refractivity contribution is -0.145. The van der Waals surface area contributed by atoms with Gasteiger partial charge in [-0.2, -0.15) is 0 Å². The summed E-state index contributed by atoms with van der Waals surface area (Å²) in [6, 6.07) is 3.26. The van der Waals surface area contributed by atoms with E-state index >= 15 is 0 Å². The van der Waals surface area contributed by atoms with Gasteiger partial charge in [0, 0.05) is 0 Å². The van der Waals surface area contributed by atoms with Crippen LogP contribution in [0.2, 0.25) is 5.02 Å². The zero-order chi connectivity index (χ0) is 13.9. The van der Waals surface area contributed by atoms with Gasteiger partial charge in [0.25, 0.3) is 0 Å². The number of aliphatic hydroxyl groups is 1. The summed E-state index contributed by atoms with van der Waals surface area (Å²) in [7, 11) is 0. The minimum atomic E-state index is -1.05. The van der Waals surface area contributed by atoms with Crippen molar-refractivity contribution < 1.29 is 15.0 Å². The fraction of sp³-hybridized carbons (Fsp3) is 0.385. The Morgan fingerprint density at radius 3 is 2.61 bits per heavy atom.